The Labute approximate surface area is 233 Å². The molecule has 3 aliphatic rings. The van der Waals surface area contributed by atoms with Crippen molar-refractivity contribution in [3.8, 4) is 0 Å². The highest BCUT2D eigenvalue weighted by Crippen LogP contribution is 2.54. The largest absolute Gasteiger partial charge is 0.469 e. The third-order valence-corrected chi connectivity index (χ3v) is 10.4. The lowest BCUT2D eigenvalue weighted by Gasteiger charge is -2.46. The number of rotatable bonds is 10. The number of esters is 2. The molecule has 2 N–H and O–H groups in total. The summed E-state index contributed by atoms with van der Waals surface area (Å²) >= 11 is 0. The van der Waals surface area contributed by atoms with Crippen LogP contribution < -0.4 is 10.4 Å². The van der Waals surface area contributed by atoms with Crippen molar-refractivity contribution in [1.29, 1.82) is 0 Å². The number of hydrogen-bond donors (Lipinski definition) is 2. The molecule has 0 bridgehead atoms. The first kappa shape index (κ1) is 32.0. The lowest BCUT2D eigenvalue weighted by Crippen LogP contribution is -2.51. The Balaban J connectivity index is 1.50. The summed E-state index contributed by atoms with van der Waals surface area (Å²) in [5.41, 5.74) is -0.385. The van der Waals surface area contributed by atoms with Gasteiger partial charge in [0.15, 0.2) is 6.10 Å². The van der Waals surface area contributed by atoms with E-state index in [2.05, 4.69) is 15.1 Å². The highest BCUT2D eigenvalue weighted by Gasteiger charge is 2.49. The van der Waals surface area contributed by atoms with Crippen molar-refractivity contribution < 1.29 is 37.5 Å². The molecule has 1 heterocycles. The quantitative estimate of drug-likeness (QED) is 0.273. The molecule has 2 saturated carbocycles. The number of amides is 1. The van der Waals surface area contributed by atoms with Crippen LogP contribution in [0.1, 0.15) is 104 Å². The highest BCUT2D eigenvalue weighted by atomic mass is 31.2. The van der Waals surface area contributed by atoms with Crippen LogP contribution in [-0.4, -0.2) is 56.9 Å². The van der Waals surface area contributed by atoms with Crippen molar-refractivity contribution in [3.05, 3.63) is 0 Å². The zero-order chi connectivity index (χ0) is 28.5. The van der Waals surface area contributed by atoms with E-state index < -0.39 is 43.2 Å². The van der Waals surface area contributed by atoms with E-state index in [1.165, 1.54) is 77.7 Å². The van der Waals surface area contributed by atoms with E-state index in [1.54, 1.807) is 20.8 Å². The van der Waals surface area contributed by atoms with Gasteiger partial charge in [0, 0.05) is 12.0 Å². The van der Waals surface area contributed by atoms with Gasteiger partial charge in [0.2, 0.25) is 5.91 Å². The molecule has 2 aliphatic carbocycles. The summed E-state index contributed by atoms with van der Waals surface area (Å²) in [4.78, 5) is 36.9. The molecule has 0 aromatic heterocycles. The van der Waals surface area contributed by atoms with Gasteiger partial charge in [0.1, 0.15) is 6.04 Å². The minimum absolute atomic E-state index is 0.00660. The van der Waals surface area contributed by atoms with E-state index in [0.717, 1.165) is 6.42 Å². The van der Waals surface area contributed by atoms with Crippen molar-refractivity contribution in [2.24, 2.45) is 16.7 Å². The van der Waals surface area contributed by atoms with Gasteiger partial charge in [-0.2, -0.15) is 0 Å². The SMILES string of the molecule is COC(=O)CCNC(=O)[C@@H]1OP(=O)(N[C@@H](C)C(=O)OCCC2CCCCC23CCCCCCC3)OCC1(C)C. The topological polar surface area (TPSA) is 129 Å². The molecule has 0 aromatic carbocycles. The monoisotopic (exact) mass is 572 g/mol. The van der Waals surface area contributed by atoms with Crippen LogP contribution >= 0.6 is 7.75 Å². The van der Waals surface area contributed by atoms with E-state index in [9.17, 15) is 18.9 Å². The zero-order valence-electron chi connectivity index (χ0n) is 24.3. The molecular weight excluding hydrogens is 523 g/mol. The number of carbonyl (C=O) groups excluding carboxylic acids is 3. The summed E-state index contributed by atoms with van der Waals surface area (Å²) in [5.74, 6) is -0.918. The first-order chi connectivity index (χ1) is 18.5. The van der Waals surface area contributed by atoms with E-state index in [1.807, 2.05) is 0 Å². The van der Waals surface area contributed by atoms with Gasteiger partial charge in [-0.15, -0.1) is 0 Å². The number of carbonyl (C=O) groups is 3. The molecule has 1 spiro atoms. The average Bonchev–Trinajstić information content (AvgIpc) is 2.88. The van der Waals surface area contributed by atoms with E-state index in [0.29, 0.717) is 17.9 Å². The van der Waals surface area contributed by atoms with Gasteiger partial charge in [-0.25, -0.2) is 9.65 Å². The Kier molecular flexibility index (Phi) is 11.8. The number of hydrogen-bond acceptors (Lipinski definition) is 8. The number of methoxy groups -OCH3 is 1. The Hall–Kier alpha value is -1.48. The molecule has 11 heteroatoms. The van der Waals surface area contributed by atoms with Crippen LogP contribution in [-0.2, 0) is 37.5 Å². The Morgan fingerprint density at radius 3 is 2.33 bits per heavy atom. The molecule has 10 nitrogen and oxygen atoms in total. The summed E-state index contributed by atoms with van der Waals surface area (Å²) in [6.45, 7) is 5.45. The van der Waals surface area contributed by atoms with Gasteiger partial charge < -0.3 is 14.8 Å². The first-order valence-electron chi connectivity index (χ1n) is 14.7. The van der Waals surface area contributed by atoms with Crippen molar-refractivity contribution in [2.45, 2.75) is 116 Å². The Morgan fingerprint density at radius 1 is 1.03 bits per heavy atom. The van der Waals surface area contributed by atoms with Crippen LogP contribution in [0.5, 0.6) is 0 Å². The van der Waals surface area contributed by atoms with Crippen LogP contribution in [0.2, 0.25) is 0 Å². The van der Waals surface area contributed by atoms with Crippen molar-refractivity contribution in [2.75, 3.05) is 26.9 Å². The molecule has 39 heavy (non-hydrogen) atoms. The van der Waals surface area contributed by atoms with Crippen LogP contribution in [0, 0.1) is 16.7 Å². The summed E-state index contributed by atoms with van der Waals surface area (Å²) in [6, 6.07) is -0.943. The lowest BCUT2D eigenvalue weighted by molar-refractivity contribution is -0.146. The molecule has 0 radical (unpaired) electrons. The fourth-order valence-electron chi connectivity index (χ4n) is 6.40. The molecule has 3 fully saturated rings. The van der Waals surface area contributed by atoms with Crippen LogP contribution in [0.4, 0.5) is 0 Å². The molecule has 1 saturated heterocycles. The second kappa shape index (κ2) is 14.4. The third-order valence-electron chi connectivity index (χ3n) is 8.76. The summed E-state index contributed by atoms with van der Waals surface area (Å²) < 4.78 is 34.7. The lowest BCUT2D eigenvalue weighted by atomic mass is 9.60. The normalized spacial score (nSPS) is 29.4. The molecule has 0 aromatic rings. The average molecular weight is 573 g/mol. The van der Waals surface area contributed by atoms with Crippen LogP contribution in [0.15, 0.2) is 0 Å². The predicted octanol–water partition coefficient (Wildman–Crippen LogP) is 5.05. The second-order valence-electron chi connectivity index (χ2n) is 12.2. The van der Waals surface area contributed by atoms with Gasteiger partial charge in [-0.05, 0) is 50.4 Å². The third kappa shape index (κ3) is 9.00. The smallest absolute Gasteiger partial charge is 0.407 e. The first-order valence-corrected chi connectivity index (χ1v) is 16.3. The van der Waals surface area contributed by atoms with Gasteiger partial charge in [0.25, 0.3) is 0 Å². The van der Waals surface area contributed by atoms with E-state index in [4.69, 9.17) is 13.8 Å². The van der Waals surface area contributed by atoms with Crippen molar-refractivity contribution >= 4 is 25.6 Å². The van der Waals surface area contributed by atoms with Gasteiger partial charge >= 0.3 is 19.7 Å². The van der Waals surface area contributed by atoms with Crippen molar-refractivity contribution in [1.82, 2.24) is 10.4 Å². The summed E-state index contributed by atoms with van der Waals surface area (Å²) in [7, 11) is -2.70. The molecule has 3 rings (SSSR count). The number of nitrogens with one attached hydrogen (secondary N) is 2. The van der Waals surface area contributed by atoms with E-state index >= 15 is 0 Å². The predicted molar refractivity (Wildman–Crippen MR) is 147 cm³/mol. The highest BCUT2D eigenvalue weighted by molar-refractivity contribution is 7.51. The van der Waals surface area contributed by atoms with Crippen LogP contribution in [0.25, 0.3) is 0 Å². The van der Waals surface area contributed by atoms with Gasteiger partial charge in [-0.1, -0.05) is 58.8 Å². The maximum atomic E-state index is 13.3. The summed E-state index contributed by atoms with van der Waals surface area (Å²) in [6.07, 6.45) is 13.9. The zero-order valence-corrected chi connectivity index (χ0v) is 25.2. The van der Waals surface area contributed by atoms with Crippen LogP contribution in [0.3, 0.4) is 0 Å². The fraction of sp³-hybridized carbons (Fsp3) is 0.893. The molecule has 1 amide bonds. The molecule has 224 valence electrons. The van der Waals surface area contributed by atoms with Crippen molar-refractivity contribution in [3.63, 3.8) is 0 Å². The number of ether oxygens (including phenoxy) is 2. The summed E-state index contributed by atoms with van der Waals surface area (Å²) in [5, 5.41) is 5.26. The van der Waals surface area contributed by atoms with E-state index in [-0.39, 0.29) is 19.6 Å². The Morgan fingerprint density at radius 2 is 1.67 bits per heavy atom. The molecule has 2 unspecified atom stereocenters. The molecular formula is C28H49N2O8P. The standard InChI is InChI=1S/C28H49N2O8P/c1-21(26(33)36-19-14-22-12-8-11-17-28(22)15-9-6-5-7-10-16-28)30-39(34)37-20-27(2,3)24(38-39)25(32)29-18-13-23(31)35-4/h21-22,24H,5-20H2,1-4H3,(H,29,32)(H,30,34)/t21-,22?,24-,39?/m0/s1. The maximum Gasteiger partial charge on any atom is 0.407 e. The van der Waals surface area contributed by atoms with Gasteiger partial charge in [-0.3, -0.25) is 23.4 Å². The minimum atomic E-state index is -3.97. The Bertz CT molecular complexity index is 887. The van der Waals surface area contributed by atoms with Gasteiger partial charge in [0.05, 0.1) is 26.7 Å². The maximum absolute atomic E-state index is 13.3. The molecule has 4 atom stereocenters. The fourth-order valence-corrected chi connectivity index (χ4v) is 8.34. The molecule has 1 aliphatic heterocycles. The minimum Gasteiger partial charge on any atom is -0.469 e. The second-order valence-corrected chi connectivity index (χ2v) is 14.0.